The van der Waals surface area contributed by atoms with Gasteiger partial charge in [0.2, 0.25) is 0 Å². The van der Waals surface area contributed by atoms with Crippen LogP contribution < -0.4 is 5.32 Å². The van der Waals surface area contributed by atoms with Crippen molar-refractivity contribution in [1.82, 2.24) is 5.32 Å². The lowest BCUT2D eigenvalue weighted by Gasteiger charge is -2.15. The topological polar surface area (TPSA) is 12.0 Å². The van der Waals surface area contributed by atoms with E-state index in [4.69, 9.17) is 0 Å². The predicted octanol–water partition coefficient (Wildman–Crippen LogP) is 4.88. The van der Waals surface area contributed by atoms with Crippen LogP contribution in [0.4, 0.5) is 0 Å². The molecule has 1 aliphatic carbocycles. The minimum Gasteiger partial charge on any atom is -0.310 e. The summed E-state index contributed by atoms with van der Waals surface area (Å²) in [5, 5.41) is 3.59. The summed E-state index contributed by atoms with van der Waals surface area (Å²) < 4.78 is 0. The lowest BCUT2D eigenvalue weighted by molar-refractivity contribution is 0.549. The second kappa shape index (κ2) is 5.65. The van der Waals surface area contributed by atoms with Gasteiger partial charge in [-0.15, -0.1) is 0 Å². The summed E-state index contributed by atoms with van der Waals surface area (Å²) in [4.78, 5) is 0. The van der Waals surface area contributed by atoms with E-state index in [-0.39, 0.29) is 0 Å². The third-order valence-corrected chi connectivity index (χ3v) is 4.64. The number of hydrogen-bond donors (Lipinski definition) is 1. The van der Waals surface area contributed by atoms with Gasteiger partial charge in [0.15, 0.2) is 0 Å². The van der Waals surface area contributed by atoms with Crippen LogP contribution in [0.15, 0.2) is 30.3 Å². The van der Waals surface area contributed by atoms with E-state index in [0.717, 1.165) is 6.54 Å². The van der Waals surface area contributed by atoms with Crippen molar-refractivity contribution in [3.63, 3.8) is 0 Å². The van der Waals surface area contributed by atoms with Gasteiger partial charge in [0.25, 0.3) is 0 Å². The van der Waals surface area contributed by atoms with Crippen LogP contribution >= 0.6 is 0 Å². The van der Waals surface area contributed by atoms with Crippen LogP contribution in [0.2, 0.25) is 0 Å². The Balaban J connectivity index is 2.03. The van der Waals surface area contributed by atoms with Crippen molar-refractivity contribution in [2.24, 2.45) is 0 Å². The van der Waals surface area contributed by atoms with Crippen LogP contribution in [-0.4, -0.2) is 6.54 Å². The summed E-state index contributed by atoms with van der Waals surface area (Å²) >= 11 is 0. The molecule has 2 aromatic carbocycles. The van der Waals surface area contributed by atoms with Crippen molar-refractivity contribution in [2.45, 2.75) is 46.6 Å². The van der Waals surface area contributed by atoms with Crippen LogP contribution in [0.25, 0.3) is 11.1 Å². The number of benzene rings is 2. The molecule has 1 N–H and O–H groups in total. The molecule has 3 rings (SSSR count). The molecule has 0 heterocycles. The van der Waals surface area contributed by atoms with Crippen molar-refractivity contribution in [3.05, 3.63) is 58.1 Å². The first-order valence-corrected chi connectivity index (χ1v) is 8.04. The molecule has 2 aromatic rings. The van der Waals surface area contributed by atoms with E-state index >= 15 is 0 Å². The highest BCUT2D eigenvalue weighted by Crippen LogP contribution is 2.36. The Morgan fingerprint density at radius 1 is 1.05 bits per heavy atom. The summed E-state index contributed by atoms with van der Waals surface area (Å²) in [5.41, 5.74) is 9.93. The average molecular weight is 279 g/mol. The van der Waals surface area contributed by atoms with E-state index in [9.17, 15) is 0 Å². The van der Waals surface area contributed by atoms with Gasteiger partial charge in [-0.1, -0.05) is 42.8 Å². The average Bonchev–Trinajstić information content (AvgIpc) is 2.81. The number of aryl methyl sites for hydroxylation is 4. The Kier molecular flexibility index (Phi) is 3.86. The molecule has 110 valence electrons. The molecule has 0 bridgehead atoms. The maximum Gasteiger partial charge on any atom is 0.0326 e. The SMILES string of the molecule is CCNC1CCc2cc(-c3c(C)cc(C)cc3C)ccc21. The molecule has 1 aliphatic rings. The van der Waals surface area contributed by atoms with Crippen molar-refractivity contribution in [1.29, 1.82) is 0 Å². The Bertz CT molecular complexity index is 647. The third kappa shape index (κ3) is 2.63. The molecule has 0 saturated heterocycles. The van der Waals surface area contributed by atoms with Gasteiger partial charge < -0.3 is 5.32 Å². The lowest BCUT2D eigenvalue weighted by Crippen LogP contribution is -2.18. The Morgan fingerprint density at radius 2 is 1.76 bits per heavy atom. The smallest absolute Gasteiger partial charge is 0.0326 e. The van der Waals surface area contributed by atoms with Crippen LogP contribution in [0.3, 0.4) is 0 Å². The second-order valence-corrected chi connectivity index (χ2v) is 6.34. The molecule has 21 heavy (non-hydrogen) atoms. The van der Waals surface area contributed by atoms with Gasteiger partial charge in [-0.05, 0) is 73.5 Å². The highest BCUT2D eigenvalue weighted by molar-refractivity contribution is 5.72. The zero-order valence-corrected chi connectivity index (χ0v) is 13.6. The molecule has 0 aliphatic heterocycles. The maximum atomic E-state index is 3.59. The summed E-state index contributed by atoms with van der Waals surface area (Å²) in [5.74, 6) is 0. The van der Waals surface area contributed by atoms with E-state index in [1.54, 1.807) is 0 Å². The number of fused-ring (bicyclic) bond motifs is 1. The van der Waals surface area contributed by atoms with E-state index in [1.165, 1.54) is 51.8 Å². The normalized spacial score (nSPS) is 17.0. The van der Waals surface area contributed by atoms with Gasteiger partial charge >= 0.3 is 0 Å². The van der Waals surface area contributed by atoms with Crippen molar-refractivity contribution in [2.75, 3.05) is 6.54 Å². The quantitative estimate of drug-likeness (QED) is 0.844. The number of hydrogen-bond acceptors (Lipinski definition) is 1. The molecule has 0 radical (unpaired) electrons. The van der Waals surface area contributed by atoms with Crippen molar-refractivity contribution >= 4 is 0 Å². The third-order valence-electron chi connectivity index (χ3n) is 4.64. The van der Waals surface area contributed by atoms with Gasteiger partial charge in [0, 0.05) is 6.04 Å². The summed E-state index contributed by atoms with van der Waals surface area (Å²) in [6.45, 7) is 9.86. The Labute approximate surface area is 128 Å². The summed E-state index contributed by atoms with van der Waals surface area (Å²) in [7, 11) is 0. The fourth-order valence-electron chi connectivity index (χ4n) is 3.87. The van der Waals surface area contributed by atoms with E-state index in [1.807, 2.05) is 0 Å². The first-order chi connectivity index (χ1) is 10.1. The van der Waals surface area contributed by atoms with Gasteiger partial charge in [0.05, 0.1) is 0 Å². The van der Waals surface area contributed by atoms with Crippen LogP contribution in [0.1, 0.15) is 47.2 Å². The number of rotatable bonds is 3. The second-order valence-electron chi connectivity index (χ2n) is 6.34. The molecule has 1 unspecified atom stereocenters. The molecule has 1 heteroatoms. The van der Waals surface area contributed by atoms with Gasteiger partial charge in [-0.3, -0.25) is 0 Å². The fourth-order valence-corrected chi connectivity index (χ4v) is 3.87. The molecule has 0 spiro atoms. The molecule has 0 aromatic heterocycles. The maximum absolute atomic E-state index is 3.59. The number of nitrogens with one attached hydrogen (secondary N) is 1. The Morgan fingerprint density at radius 3 is 2.43 bits per heavy atom. The largest absolute Gasteiger partial charge is 0.310 e. The molecule has 1 atom stereocenters. The molecular formula is C20H25N. The van der Waals surface area contributed by atoms with Crippen LogP contribution in [0.5, 0.6) is 0 Å². The van der Waals surface area contributed by atoms with E-state index < -0.39 is 0 Å². The minimum atomic E-state index is 0.555. The monoisotopic (exact) mass is 279 g/mol. The van der Waals surface area contributed by atoms with Gasteiger partial charge in [-0.2, -0.15) is 0 Å². The molecule has 0 saturated carbocycles. The standard InChI is InChI=1S/C20H25N/c1-5-21-19-9-7-16-12-17(6-8-18(16)19)20-14(3)10-13(2)11-15(20)4/h6,8,10-12,19,21H,5,7,9H2,1-4H3. The molecule has 0 fully saturated rings. The fraction of sp³-hybridized carbons (Fsp3) is 0.400. The highest BCUT2D eigenvalue weighted by atomic mass is 14.9. The molecular weight excluding hydrogens is 254 g/mol. The summed E-state index contributed by atoms with van der Waals surface area (Å²) in [6, 6.07) is 12.2. The minimum absolute atomic E-state index is 0.555. The van der Waals surface area contributed by atoms with E-state index in [2.05, 4.69) is 63.3 Å². The van der Waals surface area contributed by atoms with E-state index in [0.29, 0.717) is 6.04 Å². The molecule has 0 amide bonds. The molecule has 1 nitrogen and oxygen atoms in total. The van der Waals surface area contributed by atoms with Crippen LogP contribution in [-0.2, 0) is 6.42 Å². The van der Waals surface area contributed by atoms with Gasteiger partial charge in [0.1, 0.15) is 0 Å². The van der Waals surface area contributed by atoms with Crippen LogP contribution in [0, 0.1) is 20.8 Å². The summed E-state index contributed by atoms with van der Waals surface area (Å²) in [6.07, 6.45) is 2.43. The first-order valence-electron chi connectivity index (χ1n) is 8.04. The predicted molar refractivity (Wildman–Crippen MR) is 90.8 cm³/mol. The zero-order chi connectivity index (χ0) is 15.0. The lowest BCUT2D eigenvalue weighted by atomic mass is 9.92. The zero-order valence-electron chi connectivity index (χ0n) is 13.6. The Hall–Kier alpha value is -1.60. The highest BCUT2D eigenvalue weighted by Gasteiger charge is 2.22. The first kappa shape index (κ1) is 14.3. The van der Waals surface area contributed by atoms with Crippen molar-refractivity contribution in [3.8, 4) is 11.1 Å². The van der Waals surface area contributed by atoms with Crippen molar-refractivity contribution < 1.29 is 0 Å². The van der Waals surface area contributed by atoms with Gasteiger partial charge in [-0.25, -0.2) is 0 Å².